The number of nitrogens with two attached hydrogens (primary N) is 1. The minimum Gasteiger partial charge on any atom is -0.380 e. The summed E-state index contributed by atoms with van der Waals surface area (Å²) in [7, 11) is 3.39. The average Bonchev–Trinajstić information content (AvgIpc) is 3.00. The third-order valence-corrected chi connectivity index (χ3v) is 5.58. The predicted octanol–water partition coefficient (Wildman–Crippen LogP) is 3.00. The van der Waals surface area contributed by atoms with Crippen molar-refractivity contribution >= 4 is 17.2 Å². The highest BCUT2D eigenvalue weighted by Gasteiger charge is 2.24. The summed E-state index contributed by atoms with van der Waals surface area (Å²) in [6.07, 6.45) is 0.0478. The van der Waals surface area contributed by atoms with Crippen LogP contribution in [0.15, 0.2) is 30.3 Å². The van der Waals surface area contributed by atoms with Crippen molar-refractivity contribution in [3.8, 4) is 10.6 Å². The van der Waals surface area contributed by atoms with Gasteiger partial charge in [-0.3, -0.25) is 4.79 Å². The van der Waals surface area contributed by atoms with E-state index in [0.717, 1.165) is 21.1 Å². The lowest BCUT2D eigenvalue weighted by Gasteiger charge is -2.26. The molecule has 5 nitrogen and oxygen atoms in total. The third kappa shape index (κ3) is 4.20. The standard InChI is InChI=1S/C18H25N3O2S/c1-12-17(24-18(20-12)14-8-6-5-7-9-14)13(2)21(3)16(22)10-15(11-19)23-4/h5-9,13,15H,10-11,19H2,1-4H3. The number of carbonyl (C=O) groups is 1. The highest BCUT2D eigenvalue weighted by molar-refractivity contribution is 7.15. The zero-order chi connectivity index (χ0) is 17.7. The van der Waals surface area contributed by atoms with Gasteiger partial charge in [0.1, 0.15) is 5.01 Å². The first kappa shape index (κ1) is 18.6. The van der Waals surface area contributed by atoms with Gasteiger partial charge in [0.05, 0.1) is 29.1 Å². The summed E-state index contributed by atoms with van der Waals surface area (Å²) < 4.78 is 5.21. The first-order chi connectivity index (χ1) is 11.5. The number of aryl methyl sites for hydroxylation is 1. The van der Waals surface area contributed by atoms with Crippen molar-refractivity contribution in [2.24, 2.45) is 5.73 Å². The Labute approximate surface area is 147 Å². The van der Waals surface area contributed by atoms with Crippen molar-refractivity contribution in [1.82, 2.24) is 9.88 Å². The molecule has 2 aromatic rings. The average molecular weight is 347 g/mol. The molecule has 1 aromatic carbocycles. The quantitative estimate of drug-likeness (QED) is 0.836. The molecule has 0 bridgehead atoms. The summed E-state index contributed by atoms with van der Waals surface area (Å²) in [6.45, 7) is 4.35. The Bertz CT molecular complexity index is 668. The Morgan fingerprint density at radius 2 is 2.04 bits per heavy atom. The Hall–Kier alpha value is -1.76. The molecule has 2 unspecified atom stereocenters. The van der Waals surface area contributed by atoms with E-state index in [-0.39, 0.29) is 24.5 Å². The molecule has 0 aliphatic heterocycles. The number of carbonyl (C=O) groups excluding carboxylic acids is 1. The number of amides is 1. The SMILES string of the molecule is COC(CN)CC(=O)N(C)C(C)c1sc(-c2ccccc2)nc1C. The highest BCUT2D eigenvalue weighted by atomic mass is 32.1. The third-order valence-electron chi connectivity index (χ3n) is 4.21. The lowest BCUT2D eigenvalue weighted by Crippen LogP contribution is -2.35. The number of hydrogen-bond donors (Lipinski definition) is 1. The van der Waals surface area contributed by atoms with Crippen LogP contribution >= 0.6 is 11.3 Å². The first-order valence-electron chi connectivity index (χ1n) is 7.99. The molecule has 0 aliphatic carbocycles. The van der Waals surface area contributed by atoms with Crippen LogP contribution in [0.5, 0.6) is 0 Å². The van der Waals surface area contributed by atoms with Crippen molar-refractivity contribution in [2.45, 2.75) is 32.4 Å². The van der Waals surface area contributed by atoms with E-state index in [4.69, 9.17) is 10.5 Å². The fourth-order valence-corrected chi connectivity index (χ4v) is 3.66. The topological polar surface area (TPSA) is 68.5 Å². The Morgan fingerprint density at radius 3 is 2.62 bits per heavy atom. The van der Waals surface area contributed by atoms with Gasteiger partial charge in [0.2, 0.25) is 5.91 Å². The summed E-state index contributed by atoms with van der Waals surface area (Å²) >= 11 is 1.64. The predicted molar refractivity (Wildman–Crippen MR) is 97.9 cm³/mol. The van der Waals surface area contributed by atoms with Gasteiger partial charge in [0.25, 0.3) is 0 Å². The number of rotatable bonds is 7. The first-order valence-corrected chi connectivity index (χ1v) is 8.80. The molecule has 0 saturated carbocycles. The molecule has 1 aromatic heterocycles. The molecule has 1 heterocycles. The van der Waals surface area contributed by atoms with E-state index in [0.29, 0.717) is 6.54 Å². The van der Waals surface area contributed by atoms with Crippen molar-refractivity contribution in [3.05, 3.63) is 40.9 Å². The molecule has 0 spiro atoms. The number of thiazole rings is 1. The molecule has 0 aliphatic rings. The van der Waals surface area contributed by atoms with Crippen LogP contribution in [0.25, 0.3) is 10.6 Å². The summed E-state index contributed by atoms with van der Waals surface area (Å²) in [4.78, 5) is 20.0. The maximum absolute atomic E-state index is 12.4. The van der Waals surface area contributed by atoms with Gasteiger partial charge in [-0.1, -0.05) is 30.3 Å². The van der Waals surface area contributed by atoms with Gasteiger partial charge < -0.3 is 15.4 Å². The molecule has 0 saturated heterocycles. The second-order valence-corrected chi connectivity index (χ2v) is 6.84. The number of methoxy groups -OCH3 is 1. The molecule has 2 atom stereocenters. The number of hydrogen-bond acceptors (Lipinski definition) is 5. The number of benzene rings is 1. The van der Waals surface area contributed by atoms with E-state index in [1.165, 1.54) is 0 Å². The van der Waals surface area contributed by atoms with Gasteiger partial charge in [-0.2, -0.15) is 0 Å². The summed E-state index contributed by atoms with van der Waals surface area (Å²) in [5.74, 6) is 0.0221. The molecule has 6 heteroatoms. The maximum Gasteiger partial charge on any atom is 0.225 e. The molecular weight excluding hydrogens is 322 g/mol. The zero-order valence-corrected chi connectivity index (χ0v) is 15.5. The van der Waals surface area contributed by atoms with E-state index in [1.54, 1.807) is 23.3 Å². The van der Waals surface area contributed by atoms with Crippen LogP contribution in [-0.2, 0) is 9.53 Å². The highest BCUT2D eigenvalue weighted by Crippen LogP contribution is 2.34. The molecule has 24 heavy (non-hydrogen) atoms. The summed E-state index contributed by atoms with van der Waals surface area (Å²) in [6, 6.07) is 10.1. The fraction of sp³-hybridized carbons (Fsp3) is 0.444. The zero-order valence-electron chi connectivity index (χ0n) is 14.7. The number of aromatic nitrogens is 1. The van der Waals surface area contributed by atoms with Crippen molar-refractivity contribution in [1.29, 1.82) is 0 Å². The van der Waals surface area contributed by atoms with E-state index in [9.17, 15) is 4.79 Å². The van der Waals surface area contributed by atoms with Crippen molar-refractivity contribution in [3.63, 3.8) is 0 Å². The maximum atomic E-state index is 12.4. The van der Waals surface area contributed by atoms with E-state index in [1.807, 2.05) is 51.2 Å². The van der Waals surface area contributed by atoms with Gasteiger partial charge in [-0.25, -0.2) is 4.98 Å². The van der Waals surface area contributed by atoms with Crippen LogP contribution in [0.3, 0.4) is 0 Å². The van der Waals surface area contributed by atoms with Crippen LogP contribution in [0.1, 0.15) is 30.0 Å². The number of nitrogens with zero attached hydrogens (tertiary/aromatic N) is 2. The van der Waals surface area contributed by atoms with Gasteiger partial charge in [0.15, 0.2) is 0 Å². The molecule has 130 valence electrons. The van der Waals surface area contributed by atoms with Gasteiger partial charge in [-0.05, 0) is 13.8 Å². The minimum atomic E-state index is -0.241. The molecule has 1 amide bonds. The van der Waals surface area contributed by atoms with Gasteiger partial charge >= 0.3 is 0 Å². The number of ether oxygens (including phenoxy) is 1. The summed E-state index contributed by atoms with van der Waals surface area (Å²) in [5, 5.41) is 0.979. The van der Waals surface area contributed by atoms with Gasteiger partial charge in [0, 0.05) is 26.3 Å². The van der Waals surface area contributed by atoms with Crippen LogP contribution < -0.4 is 5.73 Å². The van der Waals surface area contributed by atoms with Crippen LogP contribution in [0.2, 0.25) is 0 Å². The second-order valence-electron chi connectivity index (χ2n) is 5.81. The fourth-order valence-electron chi connectivity index (χ4n) is 2.49. The lowest BCUT2D eigenvalue weighted by atomic mass is 10.1. The molecule has 0 radical (unpaired) electrons. The van der Waals surface area contributed by atoms with E-state index in [2.05, 4.69) is 4.98 Å². The Balaban J connectivity index is 2.16. The smallest absolute Gasteiger partial charge is 0.225 e. The molecule has 0 fully saturated rings. The minimum absolute atomic E-state index is 0.0221. The monoisotopic (exact) mass is 347 g/mol. The second kappa shape index (κ2) is 8.37. The summed E-state index contributed by atoms with van der Waals surface area (Å²) in [5.41, 5.74) is 7.67. The van der Waals surface area contributed by atoms with Crippen LogP contribution in [0, 0.1) is 6.92 Å². The van der Waals surface area contributed by atoms with Gasteiger partial charge in [-0.15, -0.1) is 11.3 Å². The molecular formula is C18H25N3O2S. The molecule has 2 N–H and O–H groups in total. The Morgan fingerprint density at radius 1 is 1.38 bits per heavy atom. The van der Waals surface area contributed by atoms with Crippen molar-refractivity contribution < 1.29 is 9.53 Å². The largest absolute Gasteiger partial charge is 0.380 e. The molecule has 2 rings (SSSR count). The Kier molecular flexibility index (Phi) is 6.48. The lowest BCUT2D eigenvalue weighted by molar-refractivity contribution is -0.134. The van der Waals surface area contributed by atoms with E-state index >= 15 is 0 Å². The van der Waals surface area contributed by atoms with E-state index < -0.39 is 0 Å². The van der Waals surface area contributed by atoms with Crippen molar-refractivity contribution in [2.75, 3.05) is 20.7 Å². The van der Waals surface area contributed by atoms with Crippen LogP contribution in [-0.4, -0.2) is 42.6 Å². The van der Waals surface area contributed by atoms with Crippen LogP contribution in [0.4, 0.5) is 0 Å². The normalized spacial score (nSPS) is 13.5.